The van der Waals surface area contributed by atoms with Crippen LogP contribution in [0.25, 0.3) is 0 Å². The van der Waals surface area contributed by atoms with Crippen LogP contribution in [0.2, 0.25) is 5.02 Å². The van der Waals surface area contributed by atoms with Crippen molar-refractivity contribution in [3.63, 3.8) is 0 Å². The molecule has 1 heterocycles. The average Bonchev–Trinajstić information content (AvgIpc) is 2.59. The summed E-state index contributed by atoms with van der Waals surface area (Å²) in [5.74, 6) is -1.67. The zero-order valence-electron chi connectivity index (χ0n) is 10.1. The Morgan fingerprint density at radius 2 is 2.21 bits per heavy atom. The number of carboxylic acids is 1. The highest BCUT2D eigenvalue weighted by atomic mass is 35.5. The van der Waals surface area contributed by atoms with E-state index in [0.29, 0.717) is 5.69 Å². The van der Waals surface area contributed by atoms with Crippen molar-refractivity contribution in [3.05, 3.63) is 40.3 Å². The van der Waals surface area contributed by atoms with E-state index in [0.717, 1.165) is 6.07 Å². The van der Waals surface area contributed by atoms with Crippen LogP contribution in [0.4, 0.5) is 4.39 Å². The Morgan fingerprint density at radius 1 is 1.53 bits per heavy atom. The van der Waals surface area contributed by atoms with Crippen LogP contribution < -0.4 is 4.74 Å². The Hall–Kier alpha value is -2.08. The molecule has 0 atom stereocenters. The molecule has 0 aliphatic carbocycles. The number of carbonyl (C=O) groups is 1. The Kier molecular flexibility index (Phi) is 3.44. The van der Waals surface area contributed by atoms with E-state index in [9.17, 15) is 9.18 Å². The molecular formula is C12H10ClFN2O3. The lowest BCUT2D eigenvalue weighted by molar-refractivity contribution is 0.0693. The number of hydrogen-bond donors (Lipinski definition) is 1. The molecule has 1 aromatic carbocycles. The molecule has 0 bridgehead atoms. The van der Waals surface area contributed by atoms with Gasteiger partial charge < -0.3 is 9.84 Å². The molecule has 0 aliphatic heterocycles. The molecule has 7 heteroatoms. The van der Waals surface area contributed by atoms with Gasteiger partial charge in [0.15, 0.2) is 5.75 Å². The third-order valence-electron chi connectivity index (χ3n) is 2.48. The molecule has 0 saturated carbocycles. The lowest BCUT2D eigenvalue weighted by Gasteiger charge is -2.08. The van der Waals surface area contributed by atoms with Crippen molar-refractivity contribution < 1.29 is 19.0 Å². The number of nitrogens with zero attached hydrogens (tertiary/aromatic N) is 2. The van der Waals surface area contributed by atoms with Gasteiger partial charge in [-0.3, -0.25) is 0 Å². The monoisotopic (exact) mass is 284 g/mol. The first-order valence-corrected chi connectivity index (χ1v) is 5.67. The van der Waals surface area contributed by atoms with Crippen LogP contribution in [0.3, 0.4) is 0 Å². The van der Waals surface area contributed by atoms with Crippen molar-refractivity contribution in [1.29, 1.82) is 0 Å². The Balaban J connectivity index is 2.49. The SMILES string of the molecule is Cc1nn(C)c(Oc2cc(F)ccc2Cl)c1C(=O)O. The lowest BCUT2D eigenvalue weighted by atomic mass is 10.2. The Bertz CT molecular complexity index is 655. The van der Waals surface area contributed by atoms with Gasteiger partial charge in [-0.15, -0.1) is 0 Å². The topological polar surface area (TPSA) is 64.4 Å². The van der Waals surface area contributed by atoms with Crippen LogP contribution >= 0.6 is 11.6 Å². The molecule has 1 aromatic heterocycles. The molecule has 0 unspecified atom stereocenters. The number of rotatable bonds is 3. The van der Waals surface area contributed by atoms with Crippen LogP contribution in [0.5, 0.6) is 11.6 Å². The molecule has 2 aromatic rings. The minimum Gasteiger partial charge on any atom is -0.477 e. The van der Waals surface area contributed by atoms with Crippen molar-refractivity contribution in [1.82, 2.24) is 9.78 Å². The predicted molar refractivity (Wildman–Crippen MR) is 66.4 cm³/mol. The third kappa shape index (κ3) is 2.53. The van der Waals surface area contributed by atoms with Gasteiger partial charge in [0.05, 0.1) is 10.7 Å². The van der Waals surface area contributed by atoms with E-state index in [1.165, 1.54) is 23.9 Å². The average molecular weight is 285 g/mol. The van der Waals surface area contributed by atoms with Crippen LogP contribution in [0.15, 0.2) is 18.2 Å². The molecule has 0 saturated heterocycles. The van der Waals surface area contributed by atoms with Gasteiger partial charge in [-0.25, -0.2) is 13.9 Å². The number of aromatic carboxylic acids is 1. The fourth-order valence-electron chi connectivity index (χ4n) is 1.66. The van der Waals surface area contributed by atoms with E-state index in [4.69, 9.17) is 21.4 Å². The van der Waals surface area contributed by atoms with Gasteiger partial charge in [0.1, 0.15) is 11.4 Å². The first kappa shape index (κ1) is 13.4. The summed E-state index contributed by atoms with van der Waals surface area (Å²) in [5.41, 5.74) is 0.223. The van der Waals surface area contributed by atoms with E-state index in [1.54, 1.807) is 6.92 Å². The summed E-state index contributed by atoms with van der Waals surface area (Å²) >= 11 is 5.87. The number of aryl methyl sites for hydroxylation is 2. The highest BCUT2D eigenvalue weighted by molar-refractivity contribution is 6.32. The fourth-order valence-corrected chi connectivity index (χ4v) is 1.82. The first-order chi connectivity index (χ1) is 8.90. The molecule has 100 valence electrons. The number of halogens is 2. The summed E-state index contributed by atoms with van der Waals surface area (Å²) in [6, 6.07) is 3.59. The van der Waals surface area contributed by atoms with E-state index < -0.39 is 11.8 Å². The van der Waals surface area contributed by atoms with E-state index in [-0.39, 0.29) is 22.2 Å². The van der Waals surface area contributed by atoms with Gasteiger partial charge in [0.2, 0.25) is 5.88 Å². The zero-order valence-corrected chi connectivity index (χ0v) is 10.9. The molecule has 2 rings (SSSR count). The molecule has 0 fully saturated rings. The van der Waals surface area contributed by atoms with Crippen molar-refractivity contribution >= 4 is 17.6 Å². The van der Waals surface area contributed by atoms with Crippen LogP contribution in [-0.2, 0) is 7.05 Å². The quantitative estimate of drug-likeness (QED) is 0.941. The number of aromatic nitrogens is 2. The van der Waals surface area contributed by atoms with Crippen molar-refractivity contribution in [2.45, 2.75) is 6.92 Å². The van der Waals surface area contributed by atoms with E-state index in [1.807, 2.05) is 0 Å². The number of benzene rings is 1. The van der Waals surface area contributed by atoms with Gasteiger partial charge in [-0.1, -0.05) is 11.6 Å². The summed E-state index contributed by atoms with van der Waals surface area (Å²) in [7, 11) is 1.53. The van der Waals surface area contributed by atoms with Crippen LogP contribution in [0.1, 0.15) is 16.1 Å². The first-order valence-electron chi connectivity index (χ1n) is 5.30. The normalized spacial score (nSPS) is 10.5. The van der Waals surface area contributed by atoms with Gasteiger partial charge >= 0.3 is 5.97 Å². The van der Waals surface area contributed by atoms with Gasteiger partial charge in [-0.05, 0) is 19.1 Å². The molecule has 0 aliphatic rings. The Labute approximate surface area is 113 Å². The summed E-state index contributed by atoms with van der Waals surface area (Å²) in [5, 5.41) is 13.3. The molecule has 1 N–H and O–H groups in total. The molecule has 19 heavy (non-hydrogen) atoms. The van der Waals surface area contributed by atoms with Crippen molar-refractivity contribution in [2.75, 3.05) is 0 Å². The van der Waals surface area contributed by atoms with Crippen molar-refractivity contribution in [2.24, 2.45) is 7.05 Å². The zero-order chi connectivity index (χ0) is 14.2. The third-order valence-corrected chi connectivity index (χ3v) is 2.80. The number of hydrogen-bond acceptors (Lipinski definition) is 3. The maximum Gasteiger partial charge on any atom is 0.343 e. The number of carboxylic acid groups (broad SMARTS) is 1. The smallest absolute Gasteiger partial charge is 0.343 e. The highest BCUT2D eigenvalue weighted by Gasteiger charge is 2.22. The molecule has 0 radical (unpaired) electrons. The van der Waals surface area contributed by atoms with Gasteiger partial charge in [0, 0.05) is 13.1 Å². The minimum atomic E-state index is -1.17. The second-order valence-electron chi connectivity index (χ2n) is 3.87. The fraction of sp³-hybridized carbons (Fsp3) is 0.167. The summed E-state index contributed by atoms with van der Waals surface area (Å²) in [4.78, 5) is 11.2. The minimum absolute atomic E-state index is 0.00231. The van der Waals surface area contributed by atoms with E-state index in [2.05, 4.69) is 5.10 Å². The summed E-state index contributed by atoms with van der Waals surface area (Å²) in [6.07, 6.45) is 0. The second kappa shape index (κ2) is 4.89. The largest absolute Gasteiger partial charge is 0.477 e. The second-order valence-corrected chi connectivity index (χ2v) is 4.28. The lowest BCUT2D eigenvalue weighted by Crippen LogP contribution is -2.02. The maximum absolute atomic E-state index is 13.1. The van der Waals surface area contributed by atoms with Gasteiger partial charge in [0.25, 0.3) is 0 Å². The summed E-state index contributed by atoms with van der Waals surface area (Å²) < 4.78 is 19.8. The predicted octanol–water partition coefficient (Wildman–Crippen LogP) is 3.01. The van der Waals surface area contributed by atoms with Crippen molar-refractivity contribution in [3.8, 4) is 11.6 Å². The van der Waals surface area contributed by atoms with Gasteiger partial charge in [-0.2, -0.15) is 5.10 Å². The molecular weight excluding hydrogens is 275 g/mol. The number of ether oxygens (including phenoxy) is 1. The van der Waals surface area contributed by atoms with Crippen LogP contribution in [-0.4, -0.2) is 20.9 Å². The molecule has 0 amide bonds. The Morgan fingerprint density at radius 3 is 2.84 bits per heavy atom. The van der Waals surface area contributed by atoms with Crippen LogP contribution in [0, 0.1) is 12.7 Å². The highest BCUT2D eigenvalue weighted by Crippen LogP contribution is 2.32. The standard InChI is InChI=1S/C12H10ClFN2O3/c1-6-10(12(17)18)11(16(2)15-6)19-9-5-7(14)3-4-8(9)13/h3-5H,1-2H3,(H,17,18). The van der Waals surface area contributed by atoms with E-state index >= 15 is 0 Å². The summed E-state index contributed by atoms with van der Waals surface area (Å²) in [6.45, 7) is 1.55. The molecule has 5 nitrogen and oxygen atoms in total. The molecule has 0 spiro atoms. The maximum atomic E-state index is 13.1.